The number of halogens is 1. The summed E-state index contributed by atoms with van der Waals surface area (Å²) in [6, 6.07) is 25.4. The van der Waals surface area contributed by atoms with Gasteiger partial charge in [0.25, 0.3) is 0 Å². The van der Waals surface area contributed by atoms with Crippen molar-refractivity contribution in [3.05, 3.63) is 113 Å². The average Bonchev–Trinajstić information content (AvgIpc) is 2.98. The predicted molar refractivity (Wildman–Crippen MR) is 156 cm³/mol. The number of anilines is 1. The third-order valence-electron chi connectivity index (χ3n) is 5.77. The first kappa shape index (κ1) is 28.3. The Morgan fingerprint density at radius 2 is 1.75 bits per heavy atom. The van der Waals surface area contributed by atoms with E-state index in [1.807, 2.05) is 18.2 Å². The van der Waals surface area contributed by atoms with Crippen LogP contribution in [0, 0.1) is 22.7 Å². The predicted octanol–water partition coefficient (Wildman–Crippen LogP) is 6.85. The molecule has 4 rings (SSSR count). The summed E-state index contributed by atoms with van der Waals surface area (Å²) >= 11 is 7.28. The highest BCUT2D eigenvalue weighted by molar-refractivity contribution is 8.00. The standard InChI is InChI=1S/C31H23ClN4O3S/c1-2-14-38-23-12-10-20(11-13-23)29-25(16-33)30(35)36-31(26(29)17-34)40-19-28(37)21-7-5-8-24(15-21)39-18-22-6-3-4-9-27(22)32/h2-13,15H,1,14,18-19H2,(H2,35,36). The molecule has 0 aliphatic rings. The second kappa shape index (κ2) is 13.3. The number of ether oxygens (including phenoxy) is 2. The molecule has 7 nitrogen and oxygen atoms in total. The summed E-state index contributed by atoms with van der Waals surface area (Å²) in [7, 11) is 0. The first-order valence-corrected chi connectivity index (χ1v) is 13.4. The summed E-state index contributed by atoms with van der Waals surface area (Å²) in [5.74, 6) is 0.924. The monoisotopic (exact) mass is 566 g/mol. The van der Waals surface area contributed by atoms with Gasteiger partial charge in [-0.15, -0.1) is 0 Å². The first-order chi connectivity index (χ1) is 19.4. The Bertz CT molecular complexity index is 1640. The van der Waals surface area contributed by atoms with Gasteiger partial charge in [0, 0.05) is 21.7 Å². The van der Waals surface area contributed by atoms with Crippen LogP contribution in [-0.2, 0) is 6.61 Å². The summed E-state index contributed by atoms with van der Waals surface area (Å²) in [5, 5.41) is 20.7. The molecule has 1 aromatic heterocycles. The highest BCUT2D eigenvalue weighted by Crippen LogP contribution is 2.36. The highest BCUT2D eigenvalue weighted by Gasteiger charge is 2.21. The summed E-state index contributed by atoms with van der Waals surface area (Å²) in [6.07, 6.45) is 1.63. The molecule has 0 spiro atoms. The molecule has 0 bridgehead atoms. The van der Waals surface area contributed by atoms with Crippen molar-refractivity contribution in [2.75, 3.05) is 18.1 Å². The lowest BCUT2D eigenvalue weighted by molar-refractivity contribution is 0.102. The summed E-state index contributed by atoms with van der Waals surface area (Å²) in [4.78, 5) is 17.4. The molecule has 0 radical (unpaired) electrons. The van der Waals surface area contributed by atoms with Gasteiger partial charge in [-0.3, -0.25) is 4.79 Å². The van der Waals surface area contributed by atoms with E-state index in [1.54, 1.807) is 60.7 Å². The number of pyridine rings is 1. The number of nitrogens with zero attached hydrogens (tertiary/aromatic N) is 3. The molecule has 40 heavy (non-hydrogen) atoms. The Morgan fingerprint density at radius 1 is 1.00 bits per heavy atom. The number of thioether (sulfide) groups is 1. The molecular weight excluding hydrogens is 544 g/mol. The molecule has 198 valence electrons. The number of ketones is 1. The molecule has 0 atom stereocenters. The van der Waals surface area contributed by atoms with Crippen LogP contribution in [0.2, 0.25) is 5.02 Å². The number of nitrogen functional groups attached to an aromatic ring is 1. The van der Waals surface area contributed by atoms with Crippen LogP contribution in [0.3, 0.4) is 0 Å². The van der Waals surface area contributed by atoms with E-state index in [1.165, 1.54) is 0 Å². The van der Waals surface area contributed by atoms with Crippen LogP contribution in [0.1, 0.15) is 27.0 Å². The van der Waals surface area contributed by atoms with Gasteiger partial charge in [0.1, 0.15) is 53.3 Å². The Labute approximate surface area is 241 Å². The lowest BCUT2D eigenvalue weighted by Crippen LogP contribution is -2.07. The number of carbonyl (C=O) groups is 1. The van der Waals surface area contributed by atoms with Gasteiger partial charge in [-0.1, -0.05) is 78.5 Å². The lowest BCUT2D eigenvalue weighted by Gasteiger charge is -2.13. The van der Waals surface area contributed by atoms with Crippen LogP contribution in [0.5, 0.6) is 11.5 Å². The SMILES string of the molecule is C=CCOc1ccc(-c2c(C#N)c(N)nc(SCC(=O)c3cccc(OCc4ccccc4Cl)c3)c2C#N)cc1. The summed E-state index contributed by atoms with van der Waals surface area (Å²) in [5.41, 5.74) is 8.61. The normalized spacial score (nSPS) is 10.3. The van der Waals surface area contributed by atoms with Gasteiger partial charge in [0.15, 0.2) is 5.78 Å². The minimum Gasteiger partial charge on any atom is -0.490 e. The van der Waals surface area contributed by atoms with Gasteiger partial charge in [0.05, 0.1) is 11.3 Å². The van der Waals surface area contributed by atoms with E-state index in [2.05, 4.69) is 23.7 Å². The third-order valence-corrected chi connectivity index (χ3v) is 7.12. The fourth-order valence-corrected chi connectivity index (χ4v) is 4.90. The molecule has 2 N–H and O–H groups in total. The average molecular weight is 567 g/mol. The molecule has 0 aliphatic heterocycles. The van der Waals surface area contributed by atoms with Gasteiger partial charge in [-0.2, -0.15) is 10.5 Å². The minimum atomic E-state index is -0.188. The number of rotatable bonds is 11. The molecule has 0 unspecified atom stereocenters. The molecule has 1 heterocycles. The van der Waals surface area contributed by atoms with E-state index in [0.717, 1.165) is 17.3 Å². The number of hydrogen-bond acceptors (Lipinski definition) is 8. The van der Waals surface area contributed by atoms with Crippen molar-refractivity contribution in [2.24, 2.45) is 0 Å². The quantitative estimate of drug-likeness (QED) is 0.119. The molecule has 4 aromatic rings. The number of aromatic nitrogens is 1. The Balaban J connectivity index is 1.54. The number of nitriles is 2. The zero-order valence-corrected chi connectivity index (χ0v) is 22.8. The minimum absolute atomic E-state index is 0.00520. The molecule has 0 aliphatic carbocycles. The number of carbonyl (C=O) groups excluding carboxylic acids is 1. The fourth-order valence-electron chi connectivity index (χ4n) is 3.82. The van der Waals surface area contributed by atoms with E-state index in [-0.39, 0.29) is 40.1 Å². The molecule has 0 saturated heterocycles. The van der Waals surface area contributed by atoms with Crippen LogP contribution in [0.4, 0.5) is 5.82 Å². The van der Waals surface area contributed by atoms with Crippen LogP contribution >= 0.6 is 23.4 Å². The highest BCUT2D eigenvalue weighted by atomic mass is 35.5. The summed E-state index contributed by atoms with van der Waals surface area (Å²) in [6.45, 7) is 4.23. The van der Waals surface area contributed by atoms with E-state index in [4.69, 9.17) is 26.8 Å². The van der Waals surface area contributed by atoms with Crippen LogP contribution in [0.15, 0.2) is 90.5 Å². The number of benzene rings is 3. The molecule has 9 heteroatoms. The molecule has 0 amide bonds. The smallest absolute Gasteiger partial charge is 0.173 e. The van der Waals surface area contributed by atoms with Gasteiger partial charge in [-0.25, -0.2) is 4.98 Å². The van der Waals surface area contributed by atoms with E-state index in [9.17, 15) is 15.3 Å². The zero-order chi connectivity index (χ0) is 28.5. The topological polar surface area (TPSA) is 122 Å². The van der Waals surface area contributed by atoms with Crippen molar-refractivity contribution in [3.63, 3.8) is 0 Å². The second-order valence-corrected chi connectivity index (χ2v) is 9.77. The Hall–Kier alpha value is -4.76. The first-order valence-electron chi connectivity index (χ1n) is 12.0. The second-order valence-electron chi connectivity index (χ2n) is 8.39. The third kappa shape index (κ3) is 6.62. The van der Waals surface area contributed by atoms with Crippen molar-refractivity contribution in [3.8, 4) is 34.8 Å². The lowest BCUT2D eigenvalue weighted by atomic mass is 9.97. The molecule has 0 fully saturated rings. The van der Waals surface area contributed by atoms with Crippen molar-refractivity contribution in [1.82, 2.24) is 4.98 Å². The number of Topliss-reactive ketones (excluding diaryl/α,β-unsaturated/α-hetero) is 1. The maximum absolute atomic E-state index is 13.1. The van der Waals surface area contributed by atoms with Gasteiger partial charge < -0.3 is 15.2 Å². The van der Waals surface area contributed by atoms with Crippen LogP contribution in [0.25, 0.3) is 11.1 Å². The number of hydrogen-bond donors (Lipinski definition) is 1. The van der Waals surface area contributed by atoms with Crippen molar-refractivity contribution in [2.45, 2.75) is 11.6 Å². The largest absolute Gasteiger partial charge is 0.490 e. The van der Waals surface area contributed by atoms with Gasteiger partial charge in [0.2, 0.25) is 0 Å². The maximum atomic E-state index is 13.1. The zero-order valence-electron chi connectivity index (χ0n) is 21.3. The molecule has 3 aromatic carbocycles. The van der Waals surface area contributed by atoms with Crippen LogP contribution in [-0.4, -0.2) is 23.1 Å². The Kier molecular flexibility index (Phi) is 9.43. The van der Waals surface area contributed by atoms with Crippen molar-refractivity contribution < 1.29 is 14.3 Å². The van der Waals surface area contributed by atoms with Gasteiger partial charge in [-0.05, 0) is 35.9 Å². The Morgan fingerprint density at radius 3 is 2.45 bits per heavy atom. The summed E-state index contributed by atoms with van der Waals surface area (Å²) < 4.78 is 11.4. The van der Waals surface area contributed by atoms with Crippen LogP contribution < -0.4 is 15.2 Å². The van der Waals surface area contributed by atoms with E-state index >= 15 is 0 Å². The molecule has 0 saturated carbocycles. The maximum Gasteiger partial charge on any atom is 0.173 e. The van der Waals surface area contributed by atoms with E-state index in [0.29, 0.717) is 39.8 Å². The fraction of sp³-hybridized carbons (Fsp3) is 0.0968. The molecular formula is C31H23ClN4O3S. The van der Waals surface area contributed by atoms with Crippen molar-refractivity contribution >= 4 is 35.0 Å². The van der Waals surface area contributed by atoms with E-state index < -0.39 is 0 Å². The van der Waals surface area contributed by atoms with Gasteiger partial charge >= 0.3 is 0 Å². The van der Waals surface area contributed by atoms with Crippen molar-refractivity contribution in [1.29, 1.82) is 10.5 Å². The number of nitrogens with two attached hydrogens (primary N) is 1.